The van der Waals surface area contributed by atoms with E-state index in [0.29, 0.717) is 13.0 Å². The van der Waals surface area contributed by atoms with Crippen molar-refractivity contribution >= 4 is 23.3 Å². The van der Waals surface area contributed by atoms with Crippen molar-refractivity contribution in [3.8, 4) is 5.88 Å². The number of hydrogen-bond donors (Lipinski definition) is 2. The summed E-state index contributed by atoms with van der Waals surface area (Å²) in [7, 11) is 0. The highest BCUT2D eigenvalue weighted by Gasteiger charge is 2.33. The van der Waals surface area contributed by atoms with Crippen LogP contribution in [0.5, 0.6) is 5.88 Å². The second-order valence-corrected chi connectivity index (χ2v) is 7.36. The summed E-state index contributed by atoms with van der Waals surface area (Å²) in [5.74, 6) is -1.40. The van der Waals surface area contributed by atoms with E-state index in [9.17, 15) is 14.4 Å². The van der Waals surface area contributed by atoms with Gasteiger partial charge >= 0.3 is 0 Å². The average Bonchev–Trinajstić information content (AvgIpc) is 3.05. The van der Waals surface area contributed by atoms with E-state index < -0.39 is 11.8 Å². The highest BCUT2D eigenvalue weighted by atomic mass is 16.5. The van der Waals surface area contributed by atoms with E-state index in [2.05, 4.69) is 27.2 Å². The Balaban J connectivity index is 1.99. The van der Waals surface area contributed by atoms with Crippen LogP contribution in [0.25, 0.3) is 0 Å². The molecular formula is C21H28N6O4. The lowest BCUT2D eigenvalue weighted by Gasteiger charge is -2.39. The fourth-order valence-corrected chi connectivity index (χ4v) is 3.61. The molecule has 0 spiro atoms. The van der Waals surface area contributed by atoms with Gasteiger partial charge in [0.2, 0.25) is 5.88 Å². The largest absolute Gasteiger partial charge is 0.477 e. The summed E-state index contributed by atoms with van der Waals surface area (Å²) in [5, 5.41) is 7.20. The molecule has 3 rings (SSSR count). The molecule has 0 aromatic carbocycles. The molecule has 31 heavy (non-hydrogen) atoms. The first kappa shape index (κ1) is 22.4. The Bertz CT molecular complexity index is 1010. The number of nitrogens with one attached hydrogen (secondary N) is 1. The molecule has 0 bridgehead atoms. The number of aromatic nitrogens is 3. The Kier molecular flexibility index (Phi) is 6.69. The van der Waals surface area contributed by atoms with Crippen LogP contribution in [0.3, 0.4) is 0 Å². The fraction of sp³-hybridized carbons (Fsp3) is 0.476. The SMILES string of the molecule is CCOc1ncc(C(C)=O)cc1C(=O)Nc1c(C(N)=O)nn(C2CN(CC)C2)c1CC. The predicted molar refractivity (Wildman–Crippen MR) is 115 cm³/mol. The number of likely N-dealkylation sites (tertiary alicyclic amines) is 1. The number of rotatable bonds is 9. The summed E-state index contributed by atoms with van der Waals surface area (Å²) in [4.78, 5) is 43.4. The van der Waals surface area contributed by atoms with E-state index in [0.717, 1.165) is 25.3 Å². The highest BCUT2D eigenvalue weighted by molar-refractivity contribution is 6.10. The van der Waals surface area contributed by atoms with E-state index in [1.807, 2.05) is 6.92 Å². The number of carbonyl (C=O) groups excluding carboxylic acids is 3. The van der Waals surface area contributed by atoms with Gasteiger partial charge in [0.25, 0.3) is 11.8 Å². The average molecular weight is 428 g/mol. The molecule has 1 saturated heterocycles. The molecule has 0 radical (unpaired) electrons. The fourth-order valence-electron chi connectivity index (χ4n) is 3.61. The normalized spacial score (nSPS) is 14.2. The third-order valence-corrected chi connectivity index (χ3v) is 5.33. The van der Waals surface area contributed by atoms with Crippen molar-refractivity contribution in [3.63, 3.8) is 0 Å². The van der Waals surface area contributed by atoms with E-state index in [-0.39, 0.29) is 40.2 Å². The van der Waals surface area contributed by atoms with Gasteiger partial charge in [0.05, 0.1) is 24.0 Å². The number of Topliss-reactive ketones (excluding diaryl/α,β-unsaturated/α-hetero) is 1. The maximum Gasteiger partial charge on any atom is 0.271 e. The second kappa shape index (κ2) is 9.25. The van der Waals surface area contributed by atoms with E-state index in [1.165, 1.54) is 19.2 Å². The van der Waals surface area contributed by atoms with Crippen molar-refractivity contribution in [2.45, 2.75) is 40.2 Å². The summed E-state index contributed by atoms with van der Waals surface area (Å²) >= 11 is 0. The number of anilines is 1. The molecule has 10 heteroatoms. The van der Waals surface area contributed by atoms with Crippen molar-refractivity contribution in [3.05, 3.63) is 34.8 Å². The summed E-state index contributed by atoms with van der Waals surface area (Å²) in [5.41, 5.74) is 6.95. The molecule has 0 unspecified atom stereocenters. The maximum atomic E-state index is 13.1. The molecule has 1 aliphatic rings. The second-order valence-electron chi connectivity index (χ2n) is 7.36. The van der Waals surface area contributed by atoms with Gasteiger partial charge in [-0.1, -0.05) is 13.8 Å². The van der Waals surface area contributed by atoms with Gasteiger partial charge < -0.3 is 15.8 Å². The van der Waals surface area contributed by atoms with Gasteiger partial charge in [0.1, 0.15) is 5.56 Å². The van der Waals surface area contributed by atoms with Crippen LogP contribution in [0.2, 0.25) is 0 Å². The van der Waals surface area contributed by atoms with Crippen molar-refractivity contribution in [1.29, 1.82) is 0 Å². The van der Waals surface area contributed by atoms with Gasteiger partial charge in [-0.05, 0) is 32.9 Å². The topological polar surface area (TPSA) is 132 Å². The number of hydrogen-bond acceptors (Lipinski definition) is 7. The minimum Gasteiger partial charge on any atom is -0.477 e. The first-order chi connectivity index (χ1) is 14.8. The van der Waals surface area contributed by atoms with Crippen LogP contribution in [0.4, 0.5) is 5.69 Å². The summed E-state index contributed by atoms with van der Waals surface area (Å²) in [6, 6.07) is 1.54. The smallest absolute Gasteiger partial charge is 0.271 e. The maximum absolute atomic E-state index is 13.1. The van der Waals surface area contributed by atoms with Crippen LogP contribution >= 0.6 is 0 Å². The van der Waals surface area contributed by atoms with E-state index in [1.54, 1.807) is 11.6 Å². The molecule has 3 N–H and O–H groups in total. The predicted octanol–water partition coefficient (Wildman–Crippen LogP) is 1.67. The standard InChI is InChI=1S/C21H28N6O4/c1-5-16-17(18(19(22)29)25-27(16)14-10-26(6-2)11-14)24-20(30)15-8-13(12(4)28)9-23-21(15)31-7-3/h8-9,14H,5-7,10-11H2,1-4H3,(H2,22,29)(H,24,30). The zero-order valence-corrected chi connectivity index (χ0v) is 18.3. The molecule has 0 aliphatic carbocycles. The number of nitrogens with two attached hydrogens (primary N) is 1. The third-order valence-electron chi connectivity index (χ3n) is 5.33. The Labute approximate surface area is 180 Å². The lowest BCUT2D eigenvalue weighted by molar-refractivity contribution is 0.0967. The number of carbonyl (C=O) groups is 3. The number of ether oxygens (including phenoxy) is 1. The number of likely N-dealkylation sites (N-methyl/N-ethyl adjacent to an activating group) is 1. The van der Waals surface area contributed by atoms with Gasteiger partial charge in [0.15, 0.2) is 11.5 Å². The molecule has 0 atom stereocenters. The first-order valence-corrected chi connectivity index (χ1v) is 10.4. The minimum absolute atomic E-state index is 0.00814. The number of ketones is 1. The Morgan fingerprint density at radius 1 is 1.26 bits per heavy atom. The molecule has 2 aromatic heterocycles. The summed E-state index contributed by atoms with van der Waals surface area (Å²) < 4.78 is 7.24. The monoisotopic (exact) mass is 428 g/mol. The summed E-state index contributed by atoms with van der Waals surface area (Å²) in [6.45, 7) is 10.0. The molecule has 10 nitrogen and oxygen atoms in total. The van der Waals surface area contributed by atoms with Crippen LogP contribution in [0, 0.1) is 0 Å². The number of amides is 2. The van der Waals surface area contributed by atoms with Crippen molar-refractivity contribution in [1.82, 2.24) is 19.7 Å². The van der Waals surface area contributed by atoms with E-state index >= 15 is 0 Å². The Morgan fingerprint density at radius 2 is 1.97 bits per heavy atom. The van der Waals surface area contributed by atoms with Gasteiger partial charge in [0, 0.05) is 24.8 Å². The Morgan fingerprint density at radius 3 is 2.52 bits per heavy atom. The van der Waals surface area contributed by atoms with Gasteiger partial charge in [-0.3, -0.25) is 24.0 Å². The lowest BCUT2D eigenvalue weighted by atomic mass is 10.1. The van der Waals surface area contributed by atoms with Crippen molar-refractivity contribution in [2.24, 2.45) is 5.73 Å². The first-order valence-electron chi connectivity index (χ1n) is 10.4. The van der Waals surface area contributed by atoms with Crippen molar-refractivity contribution < 1.29 is 19.1 Å². The van der Waals surface area contributed by atoms with E-state index in [4.69, 9.17) is 10.5 Å². The Hall–Kier alpha value is -3.27. The molecule has 1 aliphatic heterocycles. The summed E-state index contributed by atoms with van der Waals surface area (Å²) in [6.07, 6.45) is 1.91. The molecular weight excluding hydrogens is 400 g/mol. The van der Waals surface area contributed by atoms with Gasteiger partial charge in [-0.25, -0.2) is 4.98 Å². The van der Waals surface area contributed by atoms with Crippen LogP contribution in [0.1, 0.15) is 70.6 Å². The van der Waals surface area contributed by atoms with Gasteiger partial charge in [-0.2, -0.15) is 5.10 Å². The molecule has 3 heterocycles. The van der Waals surface area contributed by atoms with Crippen molar-refractivity contribution in [2.75, 3.05) is 31.6 Å². The molecule has 2 aromatic rings. The molecule has 0 saturated carbocycles. The van der Waals surface area contributed by atoms with Gasteiger partial charge in [-0.15, -0.1) is 0 Å². The lowest BCUT2D eigenvalue weighted by Crippen LogP contribution is -2.48. The molecule has 166 valence electrons. The zero-order valence-electron chi connectivity index (χ0n) is 18.3. The molecule has 1 fully saturated rings. The number of nitrogens with zero attached hydrogens (tertiary/aromatic N) is 4. The van der Waals surface area contributed by atoms with Crippen LogP contribution in [-0.2, 0) is 6.42 Å². The van der Waals surface area contributed by atoms with Crippen LogP contribution in [0.15, 0.2) is 12.3 Å². The minimum atomic E-state index is -0.726. The number of pyridine rings is 1. The third kappa shape index (κ3) is 4.43. The quantitative estimate of drug-likeness (QED) is 0.581. The zero-order chi connectivity index (χ0) is 22.7. The van der Waals surface area contributed by atoms with Crippen LogP contribution in [-0.4, -0.2) is 63.5 Å². The molecule has 2 amide bonds. The van der Waals surface area contributed by atoms with Crippen LogP contribution < -0.4 is 15.8 Å². The highest BCUT2D eigenvalue weighted by Crippen LogP contribution is 2.30. The number of primary amides is 1.